The van der Waals surface area contributed by atoms with Crippen LogP contribution in [0.4, 0.5) is 11.8 Å². The quantitative estimate of drug-likeness (QED) is 0.784. The predicted octanol–water partition coefficient (Wildman–Crippen LogP) is 2.05. The van der Waals surface area contributed by atoms with E-state index in [2.05, 4.69) is 32.7 Å². The molecule has 1 amide bonds. The summed E-state index contributed by atoms with van der Waals surface area (Å²) >= 11 is 0. The number of rotatable bonds is 6. The van der Waals surface area contributed by atoms with E-state index in [4.69, 9.17) is 4.52 Å². The molecule has 2 rings (SSSR count). The minimum atomic E-state index is -0.208. The first kappa shape index (κ1) is 14.0. The van der Waals surface area contributed by atoms with Gasteiger partial charge in [-0.25, -0.2) is 9.97 Å². The van der Waals surface area contributed by atoms with Crippen molar-refractivity contribution in [2.24, 2.45) is 0 Å². The average molecular weight is 275 g/mol. The maximum absolute atomic E-state index is 11.9. The number of amides is 1. The van der Waals surface area contributed by atoms with Crippen LogP contribution in [0.3, 0.4) is 0 Å². The van der Waals surface area contributed by atoms with Crippen LogP contribution in [0.15, 0.2) is 22.9 Å². The van der Waals surface area contributed by atoms with E-state index in [-0.39, 0.29) is 5.91 Å². The van der Waals surface area contributed by atoms with Crippen molar-refractivity contribution >= 4 is 17.7 Å². The lowest BCUT2D eigenvalue weighted by Gasteiger charge is -2.05. The van der Waals surface area contributed by atoms with Crippen molar-refractivity contribution in [1.29, 1.82) is 0 Å². The zero-order chi connectivity index (χ0) is 14.4. The van der Waals surface area contributed by atoms with E-state index in [1.807, 2.05) is 0 Å². The normalized spacial score (nSPS) is 10.3. The highest BCUT2D eigenvalue weighted by Crippen LogP contribution is 2.12. The van der Waals surface area contributed by atoms with Crippen LogP contribution in [0.1, 0.15) is 36.0 Å². The SMILES string of the molecule is CCCCNC(=O)c1ccnc(Nc2cc(C)on2)n1. The number of carbonyl (C=O) groups excluding carboxylic acids is 1. The molecule has 0 aliphatic rings. The van der Waals surface area contributed by atoms with Crippen molar-refractivity contribution < 1.29 is 9.32 Å². The minimum absolute atomic E-state index is 0.208. The van der Waals surface area contributed by atoms with E-state index in [0.29, 0.717) is 29.8 Å². The van der Waals surface area contributed by atoms with E-state index in [1.165, 1.54) is 6.20 Å². The number of anilines is 2. The van der Waals surface area contributed by atoms with Gasteiger partial charge in [0, 0.05) is 18.8 Å². The predicted molar refractivity (Wildman–Crippen MR) is 73.8 cm³/mol. The molecule has 0 radical (unpaired) electrons. The molecule has 0 bridgehead atoms. The third kappa shape index (κ3) is 3.78. The summed E-state index contributed by atoms with van der Waals surface area (Å²) < 4.78 is 4.93. The summed E-state index contributed by atoms with van der Waals surface area (Å²) in [6.07, 6.45) is 3.50. The second-order valence-electron chi connectivity index (χ2n) is 4.32. The fourth-order valence-corrected chi connectivity index (χ4v) is 1.55. The third-order valence-electron chi connectivity index (χ3n) is 2.57. The van der Waals surface area contributed by atoms with Crippen LogP contribution < -0.4 is 10.6 Å². The molecule has 0 saturated carbocycles. The summed E-state index contributed by atoms with van der Waals surface area (Å²) in [5.41, 5.74) is 0.318. The van der Waals surface area contributed by atoms with Gasteiger partial charge < -0.3 is 15.2 Å². The van der Waals surface area contributed by atoms with E-state index in [0.717, 1.165) is 12.8 Å². The van der Waals surface area contributed by atoms with Gasteiger partial charge in [-0.05, 0) is 19.4 Å². The Balaban J connectivity index is 2.02. The summed E-state index contributed by atoms with van der Waals surface area (Å²) in [4.78, 5) is 20.0. The topological polar surface area (TPSA) is 92.9 Å². The standard InChI is InChI=1S/C13H17N5O2/c1-3-4-6-14-12(19)10-5-7-15-13(16-10)17-11-8-9(2)20-18-11/h5,7-8H,3-4,6H2,1-2H3,(H,14,19)(H,15,16,17,18). The van der Waals surface area contributed by atoms with Gasteiger partial charge in [0.15, 0.2) is 5.82 Å². The van der Waals surface area contributed by atoms with E-state index in [9.17, 15) is 4.79 Å². The molecule has 0 aromatic carbocycles. The Bertz CT molecular complexity index is 582. The van der Waals surface area contributed by atoms with E-state index in [1.54, 1.807) is 19.1 Å². The molecule has 20 heavy (non-hydrogen) atoms. The highest BCUT2D eigenvalue weighted by molar-refractivity contribution is 5.92. The highest BCUT2D eigenvalue weighted by Gasteiger charge is 2.09. The van der Waals surface area contributed by atoms with Crippen molar-refractivity contribution in [3.8, 4) is 0 Å². The van der Waals surface area contributed by atoms with Gasteiger partial charge in [0.25, 0.3) is 5.91 Å². The number of nitrogens with one attached hydrogen (secondary N) is 2. The van der Waals surface area contributed by atoms with Crippen LogP contribution in [0.25, 0.3) is 0 Å². The molecule has 2 aromatic heterocycles. The van der Waals surface area contributed by atoms with Crippen molar-refractivity contribution in [2.75, 3.05) is 11.9 Å². The molecular formula is C13H17N5O2. The molecule has 0 fully saturated rings. The molecule has 0 saturated heterocycles. The fourth-order valence-electron chi connectivity index (χ4n) is 1.55. The second-order valence-corrected chi connectivity index (χ2v) is 4.32. The molecule has 7 nitrogen and oxygen atoms in total. The lowest BCUT2D eigenvalue weighted by atomic mass is 10.3. The summed E-state index contributed by atoms with van der Waals surface area (Å²) in [7, 11) is 0. The average Bonchev–Trinajstić information content (AvgIpc) is 2.84. The molecule has 0 spiro atoms. The van der Waals surface area contributed by atoms with Crippen LogP contribution in [-0.4, -0.2) is 27.6 Å². The Morgan fingerprint density at radius 2 is 2.30 bits per heavy atom. The van der Waals surface area contributed by atoms with Crippen molar-refractivity contribution in [3.63, 3.8) is 0 Å². The fraction of sp³-hybridized carbons (Fsp3) is 0.385. The Labute approximate surface area is 116 Å². The van der Waals surface area contributed by atoms with Gasteiger partial charge in [-0.2, -0.15) is 0 Å². The number of hydrogen-bond donors (Lipinski definition) is 2. The molecule has 2 N–H and O–H groups in total. The number of hydrogen-bond acceptors (Lipinski definition) is 6. The summed E-state index contributed by atoms with van der Waals surface area (Å²) in [5, 5.41) is 9.46. The lowest BCUT2D eigenvalue weighted by molar-refractivity contribution is 0.0948. The Morgan fingerprint density at radius 3 is 3.00 bits per heavy atom. The maximum atomic E-state index is 11.9. The van der Waals surface area contributed by atoms with Crippen LogP contribution >= 0.6 is 0 Å². The molecule has 0 aliphatic heterocycles. The van der Waals surface area contributed by atoms with Crippen molar-refractivity contribution in [1.82, 2.24) is 20.4 Å². The number of aryl methyl sites for hydroxylation is 1. The van der Waals surface area contributed by atoms with Gasteiger partial charge in [0.05, 0.1) is 0 Å². The van der Waals surface area contributed by atoms with Gasteiger partial charge in [-0.1, -0.05) is 18.5 Å². The van der Waals surface area contributed by atoms with Gasteiger partial charge in [-0.3, -0.25) is 4.79 Å². The molecule has 0 aliphatic carbocycles. The second kappa shape index (κ2) is 6.65. The first-order chi connectivity index (χ1) is 9.69. The van der Waals surface area contributed by atoms with Crippen molar-refractivity contribution in [2.45, 2.75) is 26.7 Å². The monoisotopic (exact) mass is 275 g/mol. The zero-order valence-electron chi connectivity index (χ0n) is 11.5. The van der Waals surface area contributed by atoms with Gasteiger partial charge in [0.1, 0.15) is 11.5 Å². The van der Waals surface area contributed by atoms with E-state index < -0.39 is 0 Å². The minimum Gasteiger partial charge on any atom is -0.360 e. The first-order valence-corrected chi connectivity index (χ1v) is 6.50. The number of nitrogens with zero attached hydrogens (tertiary/aromatic N) is 3. The Morgan fingerprint density at radius 1 is 1.45 bits per heavy atom. The molecule has 7 heteroatoms. The number of aromatic nitrogens is 3. The van der Waals surface area contributed by atoms with Gasteiger partial charge in [0.2, 0.25) is 5.95 Å². The first-order valence-electron chi connectivity index (χ1n) is 6.50. The maximum Gasteiger partial charge on any atom is 0.270 e. The summed E-state index contributed by atoms with van der Waals surface area (Å²) in [6, 6.07) is 3.29. The summed E-state index contributed by atoms with van der Waals surface area (Å²) in [6.45, 7) is 4.50. The molecular weight excluding hydrogens is 258 g/mol. The summed E-state index contributed by atoms with van der Waals surface area (Å²) in [5.74, 6) is 1.29. The Kier molecular flexibility index (Phi) is 4.65. The van der Waals surface area contributed by atoms with Crippen molar-refractivity contribution in [3.05, 3.63) is 29.8 Å². The van der Waals surface area contributed by atoms with Crippen LogP contribution in [0.5, 0.6) is 0 Å². The highest BCUT2D eigenvalue weighted by atomic mass is 16.5. The Hall–Kier alpha value is -2.44. The van der Waals surface area contributed by atoms with E-state index >= 15 is 0 Å². The zero-order valence-corrected chi connectivity index (χ0v) is 11.5. The van der Waals surface area contributed by atoms with Gasteiger partial charge in [-0.15, -0.1) is 0 Å². The number of unbranched alkanes of at least 4 members (excludes halogenated alkanes) is 1. The molecule has 2 heterocycles. The van der Waals surface area contributed by atoms with Crippen LogP contribution in [0.2, 0.25) is 0 Å². The lowest BCUT2D eigenvalue weighted by Crippen LogP contribution is -2.25. The molecule has 2 aromatic rings. The number of carbonyl (C=O) groups is 1. The third-order valence-corrected chi connectivity index (χ3v) is 2.57. The molecule has 0 atom stereocenters. The van der Waals surface area contributed by atoms with Crippen LogP contribution in [-0.2, 0) is 0 Å². The molecule has 106 valence electrons. The van der Waals surface area contributed by atoms with Gasteiger partial charge >= 0.3 is 0 Å². The van der Waals surface area contributed by atoms with Crippen LogP contribution in [0, 0.1) is 6.92 Å². The molecule has 0 unspecified atom stereocenters. The smallest absolute Gasteiger partial charge is 0.270 e. The largest absolute Gasteiger partial charge is 0.360 e.